The molecule has 1 spiro atoms. The van der Waals surface area contributed by atoms with E-state index in [-0.39, 0.29) is 94.2 Å². The van der Waals surface area contributed by atoms with E-state index in [9.17, 15) is 48.6 Å². The number of likely N-dealkylation sites (tertiary alicyclic amines) is 2. The number of carbonyl (C=O) groups is 8. The van der Waals surface area contributed by atoms with Gasteiger partial charge in [0.05, 0.1) is 30.3 Å². The molecule has 14 atom stereocenters. The van der Waals surface area contributed by atoms with Gasteiger partial charge in [-0.1, -0.05) is 107 Å². The van der Waals surface area contributed by atoms with Gasteiger partial charge < -0.3 is 43.9 Å². The average Bonchev–Trinajstić information content (AvgIpc) is 1.38. The SMILES string of the molecule is C.CC(=O)[C@H](CCc1ccccc1)C[C@@H](C)C(=O)N1CC2(C[C@H]1C(=O)O)SCCS2.CC(=O)[C@H](CCc1ccccc1)C[C@@H](C)C(=O)N1[C@H](C(=O)O)C[C@H]2CCCC[C@@H]21.COc1cc(/C=C/C(=O)O[C@@H]2C[C@@H]3CN4CCc5c([nH]c6cc(C)ccc56)[C@H]4C[C@@H]3[C@H](C(C)=O)[C@H]2OC)cc(OC)c1C. The predicted octanol–water partition coefficient (Wildman–Crippen LogP) is 14.0. The molecule has 6 fully saturated rings. The fourth-order valence-electron chi connectivity index (χ4n) is 17.5. The molecule has 18 nitrogen and oxygen atoms in total. The number of carboxylic acid groups (broad SMARTS) is 2. The first-order chi connectivity index (χ1) is 48.4. The van der Waals surface area contributed by atoms with E-state index < -0.39 is 42.2 Å². The molecule has 12 rings (SSSR count). The molecule has 2 saturated carbocycles. The monoisotopic (exact) mass is 1440 g/mol. The van der Waals surface area contributed by atoms with Crippen LogP contribution in [0.15, 0.2) is 97.1 Å². The maximum absolute atomic E-state index is 13.3. The number of carboxylic acids is 2. The second-order valence-corrected chi connectivity index (χ2v) is 32.6. The summed E-state index contributed by atoms with van der Waals surface area (Å²) in [5, 5.41) is 20.7. The first-order valence-corrected chi connectivity index (χ1v) is 38.3. The van der Waals surface area contributed by atoms with Gasteiger partial charge in [0.2, 0.25) is 11.8 Å². The molecule has 4 saturated heterocycles. The minimum absolute atomic E-state index is 0. The molecule has 552 valence electrons. The highest BCUT2D eigenvalue weighted by atomic mass is 32.2. The molecule has 6 heterocycles. The van der Waals surface area contributed by atoms with Gasteiger partial charge in [-0.15, -0.1) is 23.5 Å². The summed E-state index contributed by atoms with van der Waals surface area (Å²) in [6.45, 7) is 14.9. The van der Waals surface area contributed by atoms with Crippen molar-refractivity contribution in [1.29, 1.82) is 0 Å². The van der Waals surface area contributed by atoms with Crippen molar-refractivity contribution in [2.45, 2.75) is 193 Å². The summed E-state index contributed by atoms with van der Waals surface area (Å²) in [5.74, 6) is 0.418. The quantitative estimate of drug-likeness (QED) is 0.0407. The molecule has 102 heavy (non-hydrogen) atoms. The van der Waals surface area contributed by atoms with E-state index in [1.54, 1.807) is 81.5 Å². The van der Waals surface area contributed by atoms with Crippen molar-refractivity contribution in [2.24, 2.45) is 47.3 Å². The zero-order valence-electron chi connectivity index (χ0n) is 60.5. The Balaban J connectivity index is 0.000000183. The number of amides is 2. The number of ether oxygens (including phenoxy) is 4. The van der Waals surface area contributed by atoms with E-state index in [0.717, 1.165) is 87.1 Å². The number of piperidine rings is 1. The Labute approximate surface area is 611 Å². The maximum atomic E-state index is 13.3. The van der Waals surface area contributed by atoms with Crippen LogP contribution in [-0.4, -0.2) is 164 Å². The number of aromatic nitrogens is 1. The lowest BCUT2D eigenvalue weighted by atomic mass is 9.63. The number of H-pyrrole nitrogens is 1. The zero-order chi connectivity index (χ0) is 72.4. The van der Waals surface area contributed by atoms with Gasteiger partial charge in [-0.2, -0.15) is 0 Å². The van der Waals surface area contributed by atoms with E-state index in [0.29, 0.717) is 68.9 Å². The number of methoxy groups -OCH3 is 3. The number of aromatic amines is 1. The molecule has 4 aromatic carbocycles. The molecule has 3 N–H and O–H groups in total. The third-order valence-corrected chi connectivity index (χ3v) is 26.2. The molecular formula is C82H108N4O14S2. The first kappa shape index (κ1) is 78.9. The average molecular weight is 1440 g/mol. The third kappa shape index (κ3) is 18.4. The van der Waals surface area contributed by atoms with Gasteiger partial charge in [-0.3, -0.25) is 28.9 Å². The second kappa shape index (κ2) is 35.5. The topological polar surface area (TPSA) is 239 Å². The minimum atomic E-state index is -0.928. The Kier molecular flexibility index (Phi) is 27.4. The van der Waals surface area contributed by atoms with Crippen molar-refractivity contribution < 1.29 is 67.5 Å². The smallest absolute Gasteiger partial charge is 0.331 e. The number of hydrogen-bond acceptors (Lipinski definition) is 15. The lowest BCUT2D eigenvalue weighted by Gasteiger charge is -2.53. The summed E-state index contributed by atoms with van der Waals surface area (Å²) in [5.41, 5.74) is 9.16. The predicted molar refractivity (Wildman–Crippen MR) is 402 cm³/mol. The second-order valence-electron chi connectivity index (χ2n) is 29.4. The van der Waals surface area contributed by atoms with Gasteiger partial charge in [0, 0.05) is 103 Å². The van der Waals surface area contributed by atoms with Gasteiger partial charge in [0.15, 0.2) is 0 Å². The van der Waals surface area contributed by atoms with Gasteiger partial charge in [0.25, 0.3) is 0 Å². The number of fused-ring (bicyclic) bond motifs is 7. The molecule has 5 aromatic rings. The van der Waals surface area contributed by atoms with Crippen LogP contribution in [-0.2, 0) is 67.1 Å². The van der Waals surface area contributed by atoms with Gasteiger partial charge in [-0.05, 0) is 182 Å². The van der Waals surface area contributed by atoms with E-state index in [1.165, 1.54) is 44.9 Å². The molecule has 2 amide bonds. The Bertz CT molecular complexity index is 3760. The number of hydrogen-bond donors (Lipinski definition) is 3. The molecule has 0 unspecified atom stereocenters. The summed E-state index contributed by atoms with van der Waals surface area (Å²) in [6.07, 6.45) is 13.8. The standard InChI is InChI=1S/C35H42N2O6.C24H33NO4.C22H29NO4S2.CH4/c1-19-7-9-24-25-11-12-37-18-23-16-31(43-32(39)10-8-22-14-29(40-4)20(2)30(15-22)41-5)35(42-6)33(21(3)38)26(23)17-28(37)34(25)36-27(24)13-19;1-16(14-19(17(2)26)13-12-18-8-4-3-5-9-18)23(27)25-21-11-7-6-10-20(21)15-22(25)24(28)29;1-15(12-18(16(2)24)9-8-17-6-4-3-5-7-17)20(25)23-14-22(28-10-11-29-22)13-19(23)21(26)27;/h7-10,13-15,23,26,28,31,33,35-36H,11-12,16-18H2,1-6H3;3-5,8-9,16,19-22H,6-7,10-15H2,1-2H3,(H,28,29);3-7,15,18-19H,8-14H2,1-2H3,(H,26,27);1H4/b10-8+;;;/t23-,26+,28-,31-,33+,35+;16-,19-,20-,21+,22+;15-,18-,19+;/m111./s1. The van der Waals surface area contributed by atoms with Crippen LogP contribution in [0.2, 0.25) is 0 Å². The van der Waals surface area contributed by atoms with Crippen LogP contribution in [0.4, 0.5) is 0 Å². The lowest BCUT2D eigenvalue weighted by Crippen LogP contribution is -2.58. The summed E-state index contributed by atoms with van der Waals surface area (Å²) < 4.78 is 22.7. The van der Waals surface area contributed by atoms with Crippen molar-refractivity contribution in [1.82, 2.24) is 19.7 Å². The van der Waals surface area contributed by atoms with Crippen molar-refractivity contribution in [3.8, 4) is 11.5 Å². The normalized spacial score (nSPS) is 25.1. The fraction of sp³-hybridized carbons (Fsp3) is 0.561. The Hall–Kier alpha value is -7.26. The van der Waals surface area contributed by atoms with Crippen molar-refractivity contribution >= 4 is 87.6 Å². The van der Waals surface area contributed by atoms with Crippen LogP contribution in [0.3, 0.4) is 0 Å². The molecule has 0 radical (unpaired) electrons. The molecule has 5 aliphatic heterocycles. The van der Waals surface area contributed by atoms with E-state index in [1.807, 2.05) is 81.4 Å². The molecule has 20 heteroatoms. The number of rotatable bonds is 23. The number of nitrogens with zero attached hydrogens (tertiary/aromatic N) is 3. The highest BCUT2D eigenvalue weighted by Crippen LogP contribution is 2.53. The summed E-state index contributed by atoms with van der Waals surface area (Å²) in [7, 11) is 4.83. The molecule has 2 aliphatic carbocycles. The number of Topliss-reactive ketones (excluding diaryl/α,β-unsaturated/α-hetero) is 3. The van der Waals surface area contributed by atoms with Gasteiger partial charge in [-0.25, -0.2) is 14.4 Å². The summed E-state index contributed by atoms with van der Waals surface area (Å²) in [6, 6.07) is 29.3. The fourth-order valence-corrected chi connectivity index (χ4v) is 20.8. The number of esters is 1. The van der Waals surface area contributed by atoms with Crippen molar-refractivity contribution in [2.75, 3.05) is 52.5 Å². The van der Waals surface area contributed by atoms with Crippen LogP contribution in [0.1, 0.15) is 164 Å². The Morgan fingerprint density at radius 2 is 1.30 bits per heavy atom. The largest absolute Gasteiger partial charge is 0.496 e. The Morgan fingerprint density at radius 1 is 0.716 bits per heavy atom. The maximum Gasteiger partial charge on any atom is 0.331 e. The minimum Gasteiger partial charge on any atom is -0.496 e. The van der Waals surface area contributed by atoms with E-state index >= 15 is 0 Å². The van der Waals surface area contributed by atoms with Crippen LogP contribution in [0, 0.1) is 61.2 Å². The highest BCUT2D eigenvalue weighted by molar-refractivity contribution is 8.21. The van der Waals surface area contributed by atoms with Crippen LogP contribution in [0.5, 0.6) is 11.5 Å². The molecule has 7 aliphatic rings. The van der Waals surface area contributed by atoms with Crippen LogP contribution >= 0.6 is 23.5 Å². The number of carbonyl (C=O) groups excluding carboxylic acids is 6. The lowest BCUT2D eigenvalue weighted by molar-refractivity contribution is -0.176. The van der Waals surface area contributed by atoms with Gasteiger partial charge >= 0.3 is 17.9 Å². The highest BCUT2D eigenvalue weighted by Gasteiger charge is 2.55. The third-order valence-electron chi connectivity index (χ3n) is 22.8. The first-order valence-electron chi connectivity index (χ1n) is 36.4. The van der Waals surface area contributed by atoms with E-state index in [2.05, 4.69) is 47.1 Å². The molecule has 1 aromatic heterocycles. The zero-order valence-corrected chi connectivity index (χ0v) is 62.1. The number of thioether (sulfide) groups is 2. The van der Waals surface area contributed by atoms with E-state index in [4.69, 9.17) is 18.9 Å². The van der Waals surface area contributed by atoms with Crippen LogP contribution < -0.4 is 9.47 Å². The number of aliphatic carboxylic acids is 2. The number of benzene rings is 4. The van der Waals surface area contributed by atoms with Crippen LogP contribution in [0.25, 0.3) is 17.0 Å². The molecular weight excluding hydrogens is 1330 g/mol. The summed E-state index contributed by atoms with van der Waals surface area (Å²) >= 11 is 3.57. The number of aryl methyl sites for hydroxylation is 3. The summed E-state index contributed by atoms with van der Waals surface area (Å²) in [4.78, 5) is 110. The van der Waals surface area contributed by atoms with Gasteiger partial charge in [0.1, 0.15) is 53.1 Å². The Morgan fingerprint density at radius 3 is 1.86 bits per heavy atom. The molecule has 0 bridgehead atoms. The van der Waals surface area contributed by atoms with Crippen molar-refractivity contribution in [3.63, 3.8) is 0 Å². The number of nitrogens with one attached hydrogen (secondary N) is 1. The number of ketones is 3. The van der Waals surface area contributed by atoms with Crippen molar-refractivity contribution in [3.05, 3.63) is 136 Å².